The fraction of sp³-hybridized carbons (Fsp3) is 0.357. The van der Waals surface area contributed by atoms with Gasteiger partial charge in [-0.3, -0.25) is 0 Å². The van der Waals surface area contributed by atoms with Crippen molar-refractivity contribution in [1.29, 1.82) is 0 Å². The molecule has 9 heteroatoms. The summed E-state index contributed by atoms with van der Waals surface area (Å²) in [5, 5.41) is 0. The first-order valence-electron chi connectivity index (χ1n) is 6.52. The Morgan fingerprint density at radius 3 is 2.57 bits per heavy atom. The minimum Gasteiger partial charge on any atom is -0.790 e. The van der Waals surface area contributed by atoms with E-state index in [0.717, 1.165) is 11.3 Å². The second-order valence-electron chi connectivity index (χ2n) is 5.00. The molecule has 0 aliphatic heterocycles. The third-order valence-corrected chi connectivity index (χ3v) is 4.09. The molecule has 2 rings (SSSR count). The number of aryl methyl sites for hydroxylation is 1. The molecule has 0 saturated heterocycles. The Balaban J connectivity index is 0.00000242. The van der Waals surface area contributed by atoms with Crippen molar-refractivity contribution in [2.45, 2.75) is 33.4 Å². The minimum absolute atomic E-state index is 0. The van der Waals surface area contributed by atoms with E-state index < -0.39 is 7.82 Å². The molecule has 0 radical (unpaired) electrons. The number of imidazole rings is 1. The maximum absolute atomic E-state index is 10.6. The molecule has 0 fully saturated rings. The van der Waals surface area contributed by atoms with Gasteiger partial charge >= 0.3 is 59.1 Å². The topological polar surface area (TPSA) is 90.2 Å². The van der Waals surface area contributed by atoms with E-state index in [1.54, 1.807) is 6.20 Å². The number of aromatic nitrogens is 2. The fourth-order valence-corrected chi connectivity index (χ4v) is 2.60. The third-order valence-electron chi connectivity index (χ3n) is 3.66. The van der Waals surface area contributed by atoms with E-state index in [1.165, 1.54) is 22.0 Å². The van der Waals surface area contributed by atoms with E-state index in [4.69, 9.17) is 0 Å². The largest absolute Gasteiger partial charge is 1.00 e. The summed E-state index contributed by atoms with van der Waals surface area (Å²) in [5.41, 5.74) is 4.28. The molecule has 0 aliphatic rings. The van der Waals surface area contributed by atoms with Gasteiger partial charge in [0.15, 0.2) is 0 Å². The van der Waals surface area contributed by atoms with E-state index in [1.807, 2.05) is 39.0 Å². The SMILES string of the molecule is Cc1cccc([C@H](C)c2cncn2COP(=O)([O-])[O-])c1C.[Na+].[Na+]. The summed E-state index contributed by atoms with van der Waals surface area (Å²) in [5.74, 6) is 0.00805. The Labute approximate surface area is 180 Å². The molecule has 6 nitrogen and oxygen atoms in total. The maximum Gasteiger partial charge on any atom is 1.00 e. The molecular formula is C14H17N2Na2O4P. The molecule has 1 aromatic heterocycles. The Morgan fingerprint density at radius 1 is 1.30 bits per heavy atom. The number of phosphoric ester groups is 1. The Kier molecular flexibility index (Phi) is 10.1. The molecule has 114 valence electrons. The number of hydrogen-bond acceptors (Lipinski definition) is 5. The van der Waals surface area contributed by atoms with Crippen LogP contribution in [-0.2, 0) is 15.8 Å². The molecule has 0 aliphatic carbocycles. The van der Waals surface area contributed by atoms with Crippen molar-refractivity contribution in [3.8, 4) is 0 Å². The van der Waals surface area contributed by atoms with E-state index in [2.05, 4.69) is 9.51 Å². The van der Waals surface area contributed by atoms with Gasteiger partial charge in [0.1, 0.15) is 6.73 Å². The average Bonchev–Trinajstić information content (AvgIpc) is 2.86. The summed E-state index contributed by atoms with van der Waals surface area (Å²) < 4.78 is 16.4. The normalized spacial score (nSPS) is 12.2. The third kappa shape index (κ3) is 6.40. The summed E-state index contributed by atoms with van der Waals surface area (Å²) in [7, 11) is -4.99. The maximum atomic E-state index is 10.6. The van der Waals surface area contributed by atoms with E-state index >= 15 is 0 Å². The van der Waals surface area contributed by atoms with Crippen LogP contribution >= 0.6 is 7.82 Å². The molecule has 0 saturated carbocycles. The quantitative estimate of drug-likeness (QED) is 0.399. The van der Waals surface area contributed by atoms with Crippen LogP contribution in [0.25, 0.3) is 0 Å². The predicted molar refractivity (Wildman–Crippen MR) is 74.4 cm³/mol. The van der Waals surface area contributed by atoms with Crippen molar-refractivity contribution in [2.75, 3.05) is 0 Å². The molecular weight excluding hydrogens is 337 g/mol. The first-order chi connectivity index (χ1) is 9.79. The molecule has 1 atom stereocenters. The summed E-state index contributed by atoms with van der Waals surface area (Å²) in [6.07, 6.45) is 3.10. The van der Waals surface area contributed by atoms with Crippen molar-refractivity contribution in [1.82, 2.24) is 9.55 Å². The molecule has 2 aromatic rings. The van der Waals surface area contributed by atoms with Gasteiger partial charge in [-0.15, -0.1) is 0 Å². The molecule has 0 amide bonds. The minimum atomic E-state index is -4.99. The zero-order chi connectivity index (χ0) is 15.6. The first kappa shape index (κ1) is 23.5. The summed E-state index contributed by atoms with van der Waals surface area (Å²) >= 11 is 0. The number of phosphoric acid groups is 1. The standard InChI is InChI=1S/C14H19N2O4P.2Na/c1-10-5-4-6-13(11(10)2)12(3)14-7-15-8-16(14)9-20-21(17,18)19;;/h4-8,12H,9H2,1-3H3,(H2,17,18,19);;/q;2*+1/p-2/t12-;;/m0../s1. The number of nitrogens with zero attached hydrogens (tertiary/aromatic N) is 2. The van der Waals surface area contributed by atoms with E-state index in [-0.39, 0.29) is 71.8 Å². The van der Waals surface area contributed by atoms with Gasteiger partial charge in [0.05, 0.1) is 14.2 Å². The van der Waals surface area contributed by atoms with Crippen LogP contribution in [0.3, 0.4) is 0 Å². The van der Waals surface area contributed by atoms with Crippen molar-refractivity contribution < 1.29 is 78.0 Å². The smallest absolute Gasteiger partial charge is 0.790 e. The molecule has 23 heavy (non-hydrogen) atoms. The zero-order valence-corrected chi connectivity index (χ0v) is 19.0. The molecule has 0 spiro atoms. The van der Waals surface area contributed by atoms with Crippen LogP contribution in [-0.4, -0.2) is 9.55 Å². The van der Waals surface area contributed by atoms with Gasteiger partial charge in [-0.2, -0.15) is 0 Å². The number of rotatable bonds is 5. The Bertz CT molecular complexity index is 687. The van der Waals surface area contributed by atoms with Crippen molar-refractivity contribution in [3.05, 3.63) is 53.1 Å². The van der Waals surface area contributed by atoms with Crippen molar-refractivity contribution in [3.63, 3.8) is 0 Å². The van der Waals surface area contributed by atoms with Gasteiger partial charge in [0.2, 0.25) is 0 Å². The number of hydrogen-bond donors (Lipinski definition) is 0. The summed E-state index contributed by atoms with van der Waals surface area (Å²) in [4.78, 5) is 25.2. The summed E-state index contributed by atoms with van der Waals surface area (Å²) in [6, 6.07) is 6.04. The fourth-order valence-electron chi connectivity index (χ4n) is 2.33. The van der Waals surface area contributed by atoms with Crippen molar-refractivity contribution >= 4 is 7.82 Å². The molecule has 0 N–H and O–H groups in total. The molecule has 0 unspecified atom stereocenters. The van der Waals surface area contributed by atoms with Gasteiger partial charge in [0.25, 0.3) is 0 Å². The molecule has 1 heterocycles. The van der Waals surface area contributed by atoms with Crippen molar-refractivity contribution in [2.24, 2.45) is 0 Å². The Hall–Kier alpha value is 0.540. The molecule has 0 bridgehead atoms. The second-order valence-corrected chi connectivity index (χ2v) is 6.16. The van der Waals surface area contributed by atoms with Gasteiger partial charge < -0.3 is 23.4 Å². The first-order valence-corrected chi connectivity index (χ1v) is 7.98. The van der Waals surface area contributed by atoms with Gasteiger partial charge in [-0.25, -0.2) is 4.98 Å². The zero-order valence-electron chi connectivity index (χ0n) is 14.1. The Morgan fingerprint density at radius 2 is 1.96 bits per heavy atom. The van der Waals surface area contributed by atoms with Gasteiger partial charge in [0, 0.05) is 17.8 Å². The predicted octanol–water partition coefficient (Wildman–Crippen LogP) is -4.54. The van der Waals surface area contributed by atoms with Gasteiger partial charge in [-0.1, -0.05) is 25.1 Å². The van der Waals surface area contributed by atoms with Crippen LogP contribution in [0.4, 0.5) is 0 Å². The van der Waals surface area contributed by atoms with Crippen LogP contribution in [0.1, 0.15) is 35.2 Å². The van der Waals surface area contributed by atoms with Gasteiger partial charge in [-0.05, 0) is 30.5 Å². The summed E-state index contributed by atoms with van der Waals surface area (Å²) in [6.45, 7) is 5.73. The monoisotopic (exact) mass is 354 g/mol. The van der Waals surface area contributed by atoms with E-state index in [9.17, 15) is 14.4 Å². The van der Waals surface area contributed by atoms with E-state index in [0.29, 0.717) is 0 Å². The number of benzene rings is 1. The van der Waals surface area contributed by atoms with Crippen LogP contribution in [0.2, 0.25) is 0 Å². The van der Waals surface area contributed by atoms with Crippen LogP contribution in [0.15, 0.2) is 30.7 Å². The molecule has 1 aromatic carbocycles. The van der Waals surface area contributed by atoms with Crippen LogP contribution in [0.5, 0.6) is 0 Å². The average molecular weight is 354 g/mol. The second kappa shape index (κ2) is 9.88. The van der Waals surface area contributed by atoms with Crippen LogP contribution < -0.4 is 68.9 Å². The van der Waals surface area contributed by atoms with Crippen LogP contribution in [0, 0.1) is 13.8 Å².